The minimum absolute atomic E-state index is 0.649. The SMILES string of the molecule is CC1=NC(C=O)=P(c2ccccc2)(c2ccccc2)[C]2[CH][CH][CH][C]21. The quantitative estimate of drug-likeness (QED) is 0.628. The summed E-state index contributed by atoms with van der Waals surface area (Å²) in [6.07, 6.45) is 7.28. The molecule has 0 spiro atoms. The normalized spacial score (nSPS) is 20.5. The van der Waals surface area contributed by atoms with Crippen molar-refractivity contribution in [1.82, 2.24) is 0 Å². The van der Waals surface area contributed by atoms with Crippen molar-refractivity contribution in [3.05, 3.63) is 91.5 Å². The van der Waals surface area contributed by atoms with Gasteiger partial charge in [0.1, 0.15) is 5.42 Å². The Morgan fingerprint density at radius 2 is 1.46 bits per heavy atom. The first-order valence-corrected chi connectivity index (χ1v) is 9.72. The van der Waals surface area contributed by atoms with Crippen molar-refractivity contribution in [2.24, 2.45) is 4.99 Å². The smallest absolute Gasteiger partial charge is 0.169 e. The summed E-state index contributed by atoms with van der Waals surface area (Å²) < 4.78 is 0. The van der Waals surface area contributed by atoms with Gasteiger partial charge in [0, 0.05) is 17.3 Å². The molecule has 2 aromatic rings. The Morgan fingerprint density at radius 3 is 2.00 bits per heavy atom. The van der Waals surface area contributed by atoms with Crippen LogP contribution in [0.3, 0.4) is 0 Å². The summed E-state index contributed by atoms with van der Waals surface area (Å²) in [5.74, 6) is 1.15. The van der Waals surface area contributed by atoms with Crippen molar-refractivity contribution in [2.45, 2.75) is 6.92 Å². The molecule has 4 rings (SSSR count). The number of rotatable bonds is 3. The molecular formula is C21H17NOP. The first kappa shape index (κ1) is 15.6. The fourth-order valence-corrected chi connectivity index (χ4v) is 7.77. The lowest BCUT2D eigenvalue weighted by Gasteiger charge is -2.39. The van der Waals surface area contributed by atoms with Gasteiger partial charge in [0.25, 0.3) is 0 Å². The third-order valence-corrected chi connectivity index (χ3v) is 8.71. The van der Waals surface area contributed by atoms with E-state index < -0.39 is 6.89 Å². The summed E-state index contributed by atoms with van der Waals surface area (Å²) in [5.41, 5.74) is 2.80. The number of carbonyl (C=O) groups excluding carboxylic acids is 1. The number of aliphatic imine (C=N–C) groups is 1. The molecule has 1 saturated carbocycles. The van der Waals surface area contributed by atoms with E-state index in [0.29, 0.717) is 5.42 Å². The predicted octanol–water partition coefficient (Wildman–Crippen LogP) is 3.19. The van der Waals surface area contributed by atoms with E-state index in [0.717, 1.165) is 17.9 Å². The number of nitrogens with zero attached hydrogens (tertiary/aromatic N) is 1. The molecule has 0 unspecified atom stereocenters. The van der Waals surface area contributed by atoms with Gasteiger partial charge in [-0.3, -0.25) is 9.79 Å². The summed E-state index contributed by atoms with van der Waals surface area (Å²) >= 11 is 0. The first-order chi connectivity index (χ1) is 11.8. The fourth-order valence-electron chi connectivity index (χ4n) is 3.54. The molecule has 2 aliphatic rings. The third-order valence-electron chi connectivity index (χ3n) is 4.56. The van der Waals surface area contributed by atoms with E-state index in [-0.39, 0.29) is 0 Å². The van der Waals surface area contributed by atoms with Crippen molar-refractivity contribution in [2.75, 3.05) is 0 Å². The van der Waals surface area contributed by atoms with Gasteiger partial charge in [0.2, 0.25) is 0 Å². The van der Waals surface area contributed by atoms with Gasteiger partial charge in [-0.25, -0.2) is 0 Å². The molecule has 1 heterocycles. The highest BCUT2D eigenvalue weighted by Crippen LogP contribution is 2.65. The molecule has 0 amide bonds. The van der Waals surface area contributed by atoms with Crippen molar-refractivity contribution >= 4 is 34.9 Å². The highest BCUT2D eigenvalue weighted by atomic mass is 31.2. The van der Waals surface area contributed by atoms with Crippen LogP contribution in [0.1, 0.15) is 6.92 Å². The van der Waals surface area contributed by atoms with Crippen molar-refractivity contribution in [3.8, 4) is 0 Å². The van der Waals surface area contributed by atoms with E-state index in [1.807, 2.05) is 43.3 Å². The highest BCUT2D eigenvalue weighted by molar-refractivity contribution is 7.93. The molecule has 0 bridgehead atoms. The minimum atomic E-state index is -2.22. The number of benzene rings is 2. The summed E-state index contributed by atoms with van der Waals surface area (Å²) in [4.78, 5) is 16.8. The van der Waals surface area contributed by atoms with E-state index >= 15 is 0 Å². The molecule has 2 aromatic carbocycles. The van der Waals surface area contributed by atoms with Crippen LogP contribution >= 0.6 is 6.89 Å². The second-order valence-electron chi connectivity index (χ2n) is 5.84. The number of hydrogen-bond donors (Lipinski definition) is 0. The van der Waals surface area contributed by atoms with Crippen LogP contribution in [0.2, 0.25) is 0 Å². The molecule has 0 saturated heterocycles. The van der Waals surface area contributed by atoms with Crippen LogP contribution in [-0.4, -0.2) is 17.4 Å². The molecule has 24 heavy (non-hydrogen) atoms. The summed E-state index contributed by atoms with van der Waals surface area (Å²) in [6, 6.07) is 20.7. The summed E-state index contributed by atoms with van der Waals surface area (Å²) in [7, 11) is 0. The maximum Gasteiger partial charge on any atom is 0.169 e. The minimum Gasteiger partial charge on any atom is -0.296 e. The zero-order chi connectivity index (χ0) is 16.6. The first-order valence-electron chi connectivity index (χ1n) is 7.93. The fraction of sp³-hybridized carbons (Fsp3) is 0.0476. The Labute approximate surface area is 143 Å². The van der Waals surface area contributed by atoms with E-state index in [2.05, 4.69) is 43.5 Å². The molecule has 1 aliphatic heterocycles. The molecule has 1 aliphatic carbocycles. The number of hydrogen-bond acceptors (Lipinski definition) is 2. The molecule has 0 N–H and O–H groups in total. The average molecular weight is 330 g/mol. The number of aldehydes is 1. The lowest BCUT2D eigenvalue weighted by atomic mass is 10.0. The Balaban J connectivity index is 2.14. The Bertz CT molecular complexity index is 795. The molecule has 3 heteroatoms. The number of carbonyl (C=O) groups is 1. The lowest BCUT2D eigenvalue weighted by molar-refractivity contribution is -0.102. The van der Waals surface area contributed by atoms with Gasteiger partial charge in [0.05, 0.1) is 0 Å². The summed E-state index contributed by atoms with van der Waals surface area (Å²) in [6.45, 7) is -0.245. The molecule has 2 nitrogen and oxygen atoms in total. The van der Waals surface area contributed by atoms with Gasteiger partial charge < -0.3 is 0 Å². The maximum atomic E-state index is 12.1. The van der Waals surface area contributed by atoms with E-state index in [4.69, 9.17) is 4.99 Å². The van der Waals surface area contributed by atoms with Gasteiger partial charge in [-0.2, -0.15) is 0 Å². The maximum absolute atomic E-state index is 12.1. The average Bonchev–Trinajstić information content (AvgIpc) is 3.14. The highest BCUT2D eigenvalue weighted by Gasteiger charge is 2.47. The largest absolute Gasteiger partial charge is 0.296 e. The molecule has 5 radical (unpaired) electrons. The standard InChI is InChI=1S/C21H17NOP/c1-16-19-13-8-14-20(19)24(21(15-23)22-16,17-9-4-2-5-10-17)18-11-6-3-7-12-18/h2-15H,1H3. The molecule has 1 fully saturated rings. The predicted molar refractivity (Wildman–Crippen MR) is 103 cm³/mol. The van der Waals surface area contributed by atoms with Gasteiger partial charge in [0.15, 0.2) is 6.29 Å². The lowest BCUT2D eigenvalue weighted by Crippen LogP contribution is -2.33. The topological polar surface area (TPSA) is 29.4 Å². The second-order valence-corrected chi connectivity index (χ2v) is 9.15. The van der Waals surface area contributed by atoms with Gasteiger partial charge in [-0.15, -0.1) is 0 Å². The van der Waals surface area contributed by atoms with E-state index in [1.54, 1.807) is 0 Å². The van der Waals surface area contributed by atoms with Crippen LogP contribution in [0.4, 0.5) is 0 Å². The molecule has 0 aromatic heterocycles. The van der Waals surface area contributed by atoms with Crippen LogP contribution in [0, 0.1) is 30.8 Å². The van der Waals surface area contributed by atoms with Gasteiger partial charge in [-0.1, -0.05) is 60.7 Å². The third kappa shape index (κ3) is 2.17. The monoisotopic (exact) mass is 330 g/mol. The van der Waals surface area contributed by atoms with Crippen LogP contribution in [0.15, 0.2) is 65.7 Å². The van der Waals surface area contributed by atoms with E-state index in [9.17, 15) is 4.79 Å². The van der Waals surface area contributed by atoms with Crippen LogP contribution in [0.25, 0.3) is 0 Å². The van der Waals surface area contributed by atoms with Crippen LogP contribution in [-0.2, 0) is 4.79 Å². The molecular weight excluding hydrogens is 313 g/mol. The van der Waals surface area contributed by atoms with Crippen LogP contribution < -0.4 is 10.6 Å². The second kappa shape index (κ2) is 6.18. The molecule has 117 valence electrons. The van der Waals surface area contributed by atoms with Gasteiger partial charge >= 0.3 is 0 Å². The van der Waals surface area contributed by atoms with Crippen molar-refractivity contribution in [1.29, 1.82) is 0 Å². The zero-order valence-corrected chi connectivity index (χ0v) is 14.3. The molecule has 0 atom stereocenters. The Kier molecular flexibility index (Phi) is 4.02. The van der Waals surface area contributed by atoms with Crippen molar-refractivity contribution in [3.63, 3.8) is 0 Å². The summed E-state index contributed by atoms with van der Waals surface area (Å²) in [5, 5.41) is 2.34. The Hall–Kier alpha value is -1.92. The number of fused-ring (bicyclic) bond motifs is 1. The van der Waals surface area contributed by atoms with Crippen molar-refractivity contribution < 1.29 is 4.79 Å². The zero-order valence-electron chi connectivity index (χ0n) is 13.4. The van der Waals surface area contributed by atoms with Gasteiger partial charge in [-0.05, 0) is 43.7 Å². The Morgan fingerprint density at radius 1 is 0.875 bits per heavy atom. The van der Waals surface area contributed by atoms with E-state index in [1.165, 1.54) is 16.3 Å². The van der Waals surface area contributed by atoms with Crippen LogP contribution in [0.5, 0.6) is 0 Å².